The van der Waals surface area contributed by atoms with Gasteiger partial charge in [-0.2, -0.15) is 5.26 Å². The van der Waals surface area contributed by atoms with Crippen LogP contribution in [-0.4, -0.2) is 18.5 Å². The lowest BCUT2D eigenvalue weighted by Gasteiger charge is -2.12. The average Bonchev–Trinajstić information content (AvgIpc) is 2.64. The van der Waals surface area contributed by atoms with Crippen LogP contribution in [0.4, 0.5) is 5.69 Å². The highest BCUT2D eigenvalue weighted by Gasteiger charge is 2.15. The zero-order chi connectivity index (χ0) is 20.7. The van der Waals surface area contributed by atoms with Crippen molar-refractivity contribution < 1.29 is 19.1 Å². The molecule has 144 valence electrons. The Balaban J connectivity index is 2.34. The van der Waals surface area contributed by atoms with Crippen LogP contribution < -0.4 is 14.8 Å². The van der Waals surface area contributed by atoms with Gasteiger partial charge in [0.2, 0.25) is 0 Å². The number of halogens is 2. The van der Waals surface area contributed by atoms with Gasteiger partial charge in [-0.1, -0.05) is 11.6 Å². The Morgan fingerprint density at radius 2 is 1.96 bits per heavy atom. The minimum absolute atomic E-state index is 0.107. The molecule has 1 amide bonds. The molecule has 0 saturated heterocycles. The summed E-state index contributed by atoms with van der Waals surface area (Å²) in [4.78, 5) is 23.7. The number of nitrogens with one attached hydrogen (secondary N) is 1. The van der Waals surface area contributed by atoms with Crippen LogP contribution in [0.5, 0.6) is 11.5 Å². The Kier molecular flexibility index (Phi) is 7.61. The first-order valence-electron chi connectivity index (χ1n) is 8.17. The second-order valence-electron chi connectivity index (χ2n) is 5.49. The Labute approximate surface area is 175 Å². The van der Waals surface area contributed by atoms with Gasteiger partial charge in [0.15, 0.2) is 11.5 Å². The maximum atomic E-state index is 12.4. The van der Waals surface area contributed by atoms with Gasteiger partial charge in [-0.3, -0.25) is 9.59 Å². The zero-order valence-corrected chi connectivity index (χ0v) is 17.4. The molecule has 0 bridgehead atoms. The van der Waals surface area contributed by atoms with E-state index >= 15 is 0 Å². The van der Waals surface area contributed by atoms with E-state index in [9.17, 15) is 14.9 Å². The van der Waals surface area contributed by atoms with E-state index in [1.807, 2.05) is 6.07 Å². The summed E-state index contributed by atoms with van der Waals surface area (Å²) >= 11 is 9.14. The molecule has 2 aromatic rings. The maximum absolute atomic E-state index is 12.4. The minimum Gasteiger partial charge on any atom is -0.490 e. The van der Waals surface area contributed by atoms with E-state index in [2.05, 4.69) is 21.2 Å². The highest BCUT2D eigenvalue weighted by Crippen LogP contribution is 2.37. The van der Waals surface area contributed by atoms with E-state index in [4.69, 9.17) is 21.1 Å². The van der Waals surface area contributed by atoms with Crippen molar-refractivity contribution in [2.75, 3.05) is 11.9 Å². The van der Waals surface area contributed by atoms with Crippen LogP contribution >= 0.6 is 27.5 Å². The molecule has 0 aliphatic carbocycles. The summed E-state index contributed by atoms with van der Waals surface area (Å²) in [5.41, 5.74) is 0.926. The van der Waals surface area contributed by atoms with E-state index in [0.717, 1.165) is 0 Å². The van der Waals surface area contributed by atoms with E-state index < -0.39 is 11.9 Å². The number of anilines is 1. The van der Waals surface area contributed by atoms with Crippen LogP contribution in [0.3, 0.4) is 0 Å². The second-order valence-corrected chi connectivity index (χ2v) is 6.78. The van der Waals surface area contributed by atoms with Crippen molar-refractivity contribution in [2.24, 2.45) is 0 Å². The lowest BCUT2D eigenvalue weighted by molar-refractivity contribution is -0.132. The van der Waals surface area contributed by atoms with Gasteiger partial charge in [0.1, 0.15) is 11.6 Å². The summed E-state index contributed by atoms with van der Waals surface area (Å²) in [5.74, 6) is -0.516. The first-order valence-corrected chi connectivity index (χ1v) is 9.34. The smallest absolute Gasteiger partial charge is 0.308 e. The minimum atomic E-state index is -0.567. The molecule has 28 heavy (non-hydrogen) atoms. The van der Waals surface area contributed by atoms with Gasteiger partial charge in [-0.05, 0) is 70.9 Å². The van der Waals surface area contributed by atoms with Crippen molar-refractivity contribution in [1.29, 1.82) is 5.26 Å². The number of rotatable bonds is 6. The standard InChI is InChI=1S/C20H16BrClN2O4/c1-3-27-18-10-13(9-17(21)19(18)28-12(2)25)8-14(11-23)20(26)24-16-6-4-15(22)5-7-16/h4-10H,3H2,1-2H3,(H,24,26)/b14-8-. The number of carbonyl (C=O) groups is 2. The van der Waals surface area contributed by atoms with Crippen molar-refractivity contribution in [3.8, 4) is 17.6 Å². The molecule has 1 N–H and O–H groups in total. The summed E-state index contributed by atoms with van der Waals surface area (Å²) in [5, 5.41) is 12.6. The number of esters is 1. The zero-order valence-electron chi connectivity index (χ0n) is 15.1. The van der Waals surface area contributed by atoms with Crippen LogP contribution in [0.1, 0.15) is 19.4 Å². The average molecular weight is 464 g/mol. The van der Waals surface area contributed by atoms with Crippen LogP contribution in [0.2, 0.25) is 5.02 Å². The third-order valence-corrected chi connectivity index (χ3v) is 4.20. The summed E-state index contributed by atoms with van der Waals surface area (Å²) in [7, 11) is 0. The molecule has 0 aromatic heterocycles. The molecule has 2 aromatic carbocycles. The van der Waals surface area contributed by atoms with Gasteiger partial charge in [0.05, 0.1) is 11.1 Å². The molecule has 2 rings (SSSR count). The SMILES string of the molecule is CCOc1cc(/C=C(/C#N)C(=O)Nc2ccc(Cl)cc2)cc(Br)c1OC(C)=O. The largest absolute Gasteiger partial charge is 0.490 e. The fourth-order valence-electron chi connectivity index (χ4n) is 2.22. The number of hydrogen-bond donors (Lipinski definition) is 1. The molecule has 8 heteroatoms. The Morgan fingerprint density at radius 3 is 2.54 bits per heavy atom. The number of carbonyl (C=O) groups excluding carboxylic acids is 2. The van der Waals surface area contributed by atoms with Gasteiger partial charge >= 0.3 is 5.97 Å². The van der Waals surface area contributed by atoms with Crippen LogP contribution in [0, 0.1) is 11.3 Å². The summed E-state index contributed by atoms with van der Waals surface area (Å²) < 4.78 is 11.1. The summed E-state index contributed by atoms with van der Waals surface area (Å²) in [6.07, 6.45) is 1.41. The molecule has 0 aliphatic rings. The van der Waals surface area contributed by atoms with Gasteiger partial charge in [0.25, 0.3) is 5.91 Å². The number of nitriles is 1. The van der Waals surface area contributed by atoms with Gasteiger partial charge < -0.3 is 14.8 Å². The second kappa shape index (κ2) is 9.93. The number of benzene rings is 2. The normalized spacial score (nSPS) is 10.8. The molecule has 0 aliphatic heterocycles. The lowest BCUT2D eigenvalue weighted by atomic mass is 10.1. The van der Waals surface area contributed by atoms with E-state index in [0.29, 0.717) is 33.1 Å². The molecule has 0 saturated carbocycles. The van der Waals surface area contributed by atoms with E-state index in [1.165, 1.54) is 13.0 Å². The first-order chi connectivity index (χ1) is 13.3. The summed E-state index contributed by atoms with van der Waals surface area (Å²) in [6, 6.07) is 11.6. The third-order valence-electron chi connectivity index (χ3n) is 3.36. The van der Waals surface area contributed by atoms with Crippen LogP contribution in [0.25, 0.3) is 6.08 Å². The molecule has 0 heterocycles. The Morgan fingerprint density at radius 1 is 1.29 bits per heavy atom. The van der Waals surface area contributed by atoms with Crippen LogP contribution in [0.15, 0.2) is 46.4 Å². The fraction of sp³-hybridized carbons (Fsp3) is 0.150. The number of hydrogen-bond acceptors (Lipinski definition) is 5. The van der Waals surface area contributed by atoms with Crippen molar-refractivity contribution in [1.82, 2.24) is 0 Å². The van der Waals surface area contributed by atoms with Crippen molar-refractivity contribution >= 4 is 51.2 Å². The van der Waals surface area contributed by atoms with Gasteiger partial charge in [-0.25, -0.2) is 0 Å². The molecular weight excluding hydrogens is 448 g/mol. The Bertz CT molecular complexity index is 965. The molecule has 0 atom stereocenters. The van der Waals surface area contributed by atoms with Crippen molar-refractivity contribution in [3.63, 3.8) is 0 Å². The van der Waals surface area contributed by atoms with Crippen molar-refractivity contribution in [3.05, 3.63) is 57.0 Å². The predicted molar refractivity (Wildman–Crippen MR) is 110 cm³/mol. The molecule has 0 fully saturated rings. The van der Waals surface area contributed by atoms with Crippen molar-refractivity contribution in [2.45, 2.75) is 13.8 Å². The van der Waals surface area contributed by atoms with E-state index in [1.54, 1.807) is 43.3 Å². The fourth-order valence-corrected chi connectivity index (χ4v) is 2.89. The molecular formula is C20H16BrClN2O4. The topological polar surface area (TPSA) is 88.4 Å². The first kappa shape index (κ1) is 21.5. The Hall–Kier alpha value is -2.82. The predicted octanol–water partition coefficient (Wildman–Crippen LogP) is 4.97. The van der Waals surface area contributed by atoms with Gasteiger partial charge in [-0.15, -0.1) is 0 Å². The third kappa shape index (κ3) is 5.84. The highest BCUT2D eigenvalue weighted by molar-refractivity contribution is 9.10. The van der Waals surface area contributed by atoms with E-state index in [-0.39, 0.29) is 11.3 Å². The maximum Gasteiger partial charge on any atom is 0.308 e. The monoisotopic (exact) mass is 462 g/mol. The number of amides is 1. The molecule has 0 radical (unpaired) electrons. The quantitative estimate of drug-likeness (QED) is 0.283. The lowest BCUT2D eigenvalue weighted by Crippen LogP contribution is -2.13. The number of nitrogens with zero attached hydrogens (tertiary/aromatic N) is 1. The highest BCUT2D eigenvalue weighted by atomic mass is 79.9. The van der Waals surface area contributed by atoms with Gasteiger partial charge in [0, 0.05) is 17.6 Å². The number of ether oxygens (including phenoxy) is 2. The molecule has 6 nitrogen and oxygen atoms in total. The summed E-state index contributed by atoms with van der Waals surface area (Å²) in [6.45, 7) is 3.41. The van der Waals surface area contributed by atoms with Crippen LogP contribution in [-0.2, 0) is 9.59 Å². The molecule has 0 unspecified atom stereocenters. The molecule has 0 spiro atoms.